The Morgan fingerprint density at radius 2 is 1.83 bits per heavy atom. The van der Waals surface area contributed by atoms with Crippen molar-refractivity contribution < 1.29 is 19.1 Å². The standard InChI is InChI=1S/C23H25NO4S/c1-3-13-24-20-12-11-18(15-19(20)21(25)22(24)26)29-14-5-6-16-7-9-17(10-8-16)23(27)28-4-2/h7-12,15H,3-6,13-14H2,1-2H3. The van der Waals surface area contributed by atoms with Crippen LogP contribution in [0.4, 0.5) is 5.69 Å². The largest absolute Gasteiger partial charge is 0.462 e. The molecule has 0 N–H and O–H groups in total. The third-order valence-electron chi connectivity index (χ3n) is 4.73. The minimum atomic E-state index is -0.421. The van der Waals surface area contributed by atoms with Gasteiger partial charge >= 0.3 is 5.97 Å². The lowest BCUT2D eigenvalue weighted by atomic mass is 10.1. The minimum Gasteiger partial charge on any atom is -0.462 e. The average Bonchev–Trinajstić information content (AvgIpc) is 2.97. The van der Waals surface area contributed by atoms with Gasteiger partial charge in [-0.3, -0.25) is 9.59 Å². The molecule has 0 atom stereocenters. The molecule has 2 aromatic carbocycles. The highest BCUT2D eigenvalue weighted by atomic mass is 32.2. The molecule has 0 saturated carbocycles. The van der Waals surface area contributed by atoms with Crippen molar-refractivity contribution in [2.75, 3.05) is 23.8 Å². The van der Waals surface area contributed by atoms with Crippen molar-refractivity contribution in [2.45, 2.75) is 38.0 Å². The SMILES string of the molecule is CCCN1C(=O)C(=O)c2cc(SCCCc3ccc(C(=O)OCC)cc3)ccc21. The molecule has 1 aliphatic rings. The molecule has 0 bridgehead atoms. The highest BCUT2D eigenvalue weighted by Crippen LogP contribution is 2.33. The first-order valence-corrected chi connectivity index (χ1v) is 10.9. The average molecular weight is 412 g/mol. The van der Waals surface area contributed by atoms with E-state index in [2.05, 4.69) is 0 Å². The predicted molar refractivity (Wildman–Crippen MR) is 115 cm³/mol. The summed E-state index contributed by atoms with van der Waals surface area (Å²) in [4.78, 5) is 38.6. The van der Waals surface area contributed by atoms with Crippen molar-refractivity contribution in [3.8, 4) is 0 Å². The van der Waals surface area contributed by atoms with Crippen molar-refractivity contribution in [3.05, 3.63) is 59.2 Å². The molecule has 5 nitrogen and oxygen atoms in total. The number of hydrogen-bond donors (Lipinski definition) is 0. The van der Waals surface area contributed by atoms with Gasteiger partial charge in [0, 0.05) is 11.4 Å². The molecule has 0 aliphatic carbocycles. The van der Waals surface area contributed by atoms with Crippen LogP contribution in [0.3, 0.4) is 0 Å². The first kappa shape index (κ1) is 21.1. The Hall–Kier alpha value is -2.60. The number of amides is 1. The molecule has 0 aromatic heterocycles. The van der Waals surface area contributed by atoms with Crippen LogP contribution in [-0.4, -0.2) is 36.6 Å². The molecule has 0 saturated heterocycles. The number of fused-ring (bicyclic) bond motifs is 1. The highest BCUT2D eigenvalue weighted by molar-refractivity contribution is 7.99. The highest BCUT2D eigenvalue weighted by Gasteiger charge is 2.35. The van der Waals surface area contributed by atoms with Crippen LogP contribution in [0, 0.1) is 0 Å². The minimum absolute atomic E-state index is 0.295. The van der Waals surface area contributed by atoms with Gasteiger partial charge in [0.25, 0.3) is 11.7 Å². The Kier molecular flexibility index (Phi) is 7.09. The monoisotopic (exact) mass is 411 g/mol. The topological polar surface area (TPSA) is 63.7 Å². The normalized spacial score (nSPS) is 13.0. The summed E-state index contributed by atoms with van der Waals surface area (Å²) in [6.45, 7) is 4.72. The Balaban J connectivity index is 1.52. The zero-order valence-electron chi connectivity index (χ0n) is 16.8. The van der Waals surface area contributed by atoms with Crippen LogP contribution in [-0.2, 0) is 16.0 Å². The summed E-state index contributed by atoms with van der Waals surface area (Å²) in [7, 11) is 0. The molecular weight excluding hydrogens is 386 g/mol. The summed E-state index contributed by atoms with van der Waals surface area (Å²) >= 11 is 1.68. The van der Waals surface area contributed by atoms with Crippen LogP contribution in [0.25, 0.3) is 0 Å². The number of carbonyl (C=O) groups excluding carboxylic acids is 3. The lowest BCUT2D eigenvalue weighted by molar-refractivity contribution is -0.114. The Labute approximate surface area is 175 Å². The van der Waals surface area contributed by atoms with Crippen molar-refractivity contribution in [1.82, 2.24) is 0 Å². The number of nitrogens with zero attached hydrogens (tertiary/aromatic N) is 1. The maximum absolute atomic E-state index is 12.2. The molecule has 0 radical (unpaired) electrons. The fraction of sp³-hybridized carbons (Fsp3) is 0.348. The van der Waals surface area contributed by atoms with Gasteiger partial charge in [-0.25, -0.2) is 4.79 Å². The van der Waals surface area contributed by atoms with Gasteiger partial charge in [0.2, 0.25) is 0 Å². The number of aryl methyl sites for hydroxylation is 1. The third-order valence-corrected chi connectivity index (χ3v) is 5.81. The van der Waals surface area contributed by atoms with Crippen LogP contribution in [0.1, 0.15) is 53.0 Å². The maximum atomic E-state index is 12.2. The van der Waals surface area contributed by atoms with Gasteiger partial charge in [-0.15, -0.1) is 11.8 Å². The number of Topliss-reactive ketones (excluding diaryl/α,β-unsaturated/α-hetero) is 1. The van der Waals surface area contributed by atoms with E-state index in [9.17, 15) is 14.4 Å². The molecule has 1 heterocycles. The lowest BCUT2D eigenvalue weighted by Crippen LogP contribution is -2.30. The third kappa shape index (κ3) is 4.88. The van der Waals surface area contributed by atoms with Crippen LogP contribution in [0.2, 0.25) is 0 Å². The quantitative estimate of drug-likeness (QED) is 0.263. The number of esters is 1. The summed E-state index contributed by atoms with van der Waals surface area (Å²) in [6.07, 6.45) is 2.69. The molecular formula is C23H25NO4S. The first-order chi connectivity index (χ1) is 14.0. The van der Waals surface area contributed by atoms with Gasteiger partial charge in [-0.1, -0.05) is 19.1 Å². The van der Waals surface area contributed by atoms with Crippen molar-refractivity contribution >= 4 is 35.1 Å². The number of hydrogen-bond acceptors (Lipinski definition) is 5. The van der Waals surface area contributed by atoms with E-state index in [1.165, 1.54) is 5.56 Å². The van der Waals surface area contributed by atoms with Crippen molar-refractivity contribution in [1.29, 1.82) is 0 Å². The van der Waals surface area contributed by atoms with Gasteiger partial charge in [0.05, 0.1) is 23.4 Å². The molecule has 0 unspecified atom stereocenters. The number of carbonyl (C=O) groups is 3. The van der Waals surface area contributed by atoms with Crippen LogP contribution in [0.5, 0.6) is 0 Å². The van der Waals surface area contributed by atoms with E-state index in [1.807, 2.05) is 37.3 Å². The molecule has 0 fully saturated rings. The number of anilines is 1. The van der Waals surface area contributed by atoms with Crippen molar-refractivity contribution in [2.24, 2.45) is 0 Å². The molecule has 1 amide bonds. The lowest BCUT2D eigenvalue weighted by Gasteiger charge is -2.15. The Morgan fingerprint density at radius 1 is 1.07 bits per heavy atom. The van der Waals surface area contributed by atoms with Crippen LogP contribution >= 0.6 is 11.8 Å². The summed E-state index contributed by atoms with van der Waals surface area (Å²) in [5.74, 6) is -0.219. The second-order valence-electron chi connectivity index (χ2n) is 6.83. The van der Waals surface area contributed by atoms with E-state index >= 15 is 0 Å². The molecule has 0 spiro atoms. The number of thioether (sulfide) groups is 1. The Bertz CT molecular complexity index is 908. The van der Waals surface area contributed by atoms with Gasteiger partial charge in [-0.05, 0) is 67.8 Å². The first-order valence-electron chi connectivity index (χ1n) is 9.94. The maximum Gasteiger partial charge on any atom is 0.338 e. The molecule has 6 heteroatoms. The van der Waals surface area contributed by atoms with E-state index in [0.717, 1.165) is 35.6 Å². The zero-order valence-corrected chi connectivity index (χ0v) is 17.6. The van der Waals surface area contributed by atoms with Gasteiger partial charge in [0.1, 0.15) is 0 Å². The van der Waals surface area contributed by atoms with Gasteiger partial charge in [-0.2, -0.15) is 0 Å². The summed E-state index contributed by atoms with van der Waals surface area (Å²) in [6, 6.07) is 13.2. The molecule has 29 heavy (non-hydrogen) atoms. The second-order valence-corrected chi connectivity index (χ2v) is 8.00. The van der Waals surface area contributed by atoms with E-state index in [-0.39, 0.29) is 5.97 Å². The predicted octanol–water partition coefficient (Wildman–Crippen LogP) is 4.53. The zero-order chi connectivity index (χ0) is 20.8. The number of rotatable bonds is 9. The fourth-order valence-electron chi connectivity index (χ4n) is 3.30. The van der Waals surface area contributed by atoms with Crippen LogP contribution in [0.15, 0.2) is 47.4 Å². The molecule has 2 aromatic rings. The Morgan fingerprint density at radius 3 is 2.52 bits per heavy atom. The second kappa shape index (κ2) is 9.74. The molecule has 3 rings (SSSR count). The van der Waals surface area contributed by atoms with E-state index in [1.54, 1.807) is 35.7 Å². The van der Waals surface area contributed by atoms with Crippen molar-refractivity contribution in [3.63, 3.8) is 0 Å². The fourth-order valence-corrected chi connectivity index (χ4v) is 4.19. The number of ether oxygens (including phenoxy) is 1. The van der Waals surface area contributed by atoms with Gasteiger partial charge in [0.15, 0.2) is 0 Å². The van der Waals surface area contributed by atoms with Crippen LogP contribution < -0.4 is 4.90 Å². The summed E-state index contributed by atoms with van der Waals surface area (Å²) in [5, 5.41) is 0. The smallest absolute Gasteiger partial charge is 0.338 e. The van der Waals surface area contributed by atoms with E-state index < -0.39 is 11.7 Å². The summed E-state index contributed by atoms with van der Waals surface area (Å²) in [5.41, 5.74) is 2.99. The molecule has 1 aliphatic heterocycles. The summed E-state index contributed by atoms with van der Waals surface area (Å²) < 4.78 is 4.99. The van der Waals surface area contributed by atoms with E-state index in [0.29, 0.717) is 24.3 Å². The van der Waals surface area contributed by atoms with Gasteiger partial charge < -0.3 is 9.64 Å². The number of benzene rings is 2. The molecule has 152 valence electrons. The number of ketones is 1. The van der Waals surface area contributed by atoms with E-state index in [4.69, 9.17) is 4.74 Å².